The van der Waals surface area contributed by atoms with Crippen LogP contribution >= 0.6 is 23.2 Å². The van der Waals surface area contributed by atoms with Crippen LogP contribution in [0.3, 0.4) is 0 Å². The minimum atomic E-state index is -0.952. The van der Waals surface area contributed by atoms with E-state index in [0.29, 0.717) is 0 Å². The van der Waals surface area contributed by atoms with E-state index in [-0.39, 0.29) is 26.8 Å². The number of nitrogens with one attached hydrogen (secondary N) is 2. The van der Waals surface area contributed by atoms with Gasteiger partial charge >= 0.3 is 11.1 Å². The first-order valence-electron chi connectivity index (χ1n) is 7.03. The molecular weight excluding hydrogens is 372 g/mol. The van der Waals surface area contributed by atoms with E-state index in [1.165, 1.54) is 6.07 Å². The van der Waals surface area contributed by atoms with E-state index in [4.69, 9.17) is 23.2 Å². The fourth-order valence-corrected chi connectivity index (χ4v) is 2.69. The van der Waals surface area contributed by atoms with Crippen molar-refractivity contribution in [3.63, 3.8) is 0 Å². The molecule has 0 aliphatic rings. The molecule has 0 aliphatic heterocycles. The summed E-state index contributed by atoms with van der Waals surface area (Å²) in [7, 11) is 0. The highest BCUT2D eigenvalue weighted by Crippen LogP contribution is 2.29. The average Bonchev–Trinajstić information content (AvgIpc) is 2.56. The van der Waals surface area contributed by atoms with Crippen LogP contribution in [0, 0.1) is 5.82 Å². The van der Waals surface area contributed by atoms with Crippen molar-refractivity contribution in [3.8, 4) is 0 Å². The number of hydrogen-bond acceptors (Lipinski definition) is 3. The van der Waals surface area contributed by atoms with E-state index in [1.54, 1.807) is 18.2 Å². The van der Waals surface area contributed by atoms with Crippen molar-refractivity contribution in [1.29, 1.82) is 0 Å². The quantitative estimate of drug-likeness (QED) is 0.684. The molecule has 2 aromatic carbocycles. The molecule has 25 heavy (non-hydrogen) atoms. The zero-order valence-electron chi connectivity index (χ0n) is 12.5. The summed E-state index contributed by atoms with van der Waals surface area (Å²) < 4.78 is 14.3. The molecule has 0 aliphatic carbocycles. The Morgan fingerprint density at radius 1 is 1.20 bits per heavy atom. The van der Waals surface area contributed by atoms with Crippen LogP contribution in [0.5, 0.6) is 0 Å². The lowest BCUT2D eigenvalue weighted by Crippen LogP contribution is -2.38. The topological polar surface area (TPSA) is 84.0 Å². The predicted molar refractivity (Wildman–Crippen MR) is 93.9 cm³/mol. The van der Waals surface area contributed by atoms with Crippen LogP contribution in [0.25, 0.3) is 11.0 Å². The number of benzene rings is 2. The van der Waals surface area contributed by atoms with E-state index in [9.17, 15) is 18.8 Å². The van der Waals surface area contributed by atoms with E-state index >= 15 is 0 Å². The molecule has 3 rings (SSSR count). The Kier molecular flexibility index (Phi) is 4.61. The summed E-state index contributed by atoms with van der Waals surface area (Å²) >= 11 is 11.9. The normalized spacial score (nSPS) is 10.8. The SMILES string of the molecule is O=C(Cn1c(=O)c(=O)[nH]c2cc(F)ccc21)Nc1cccc(Cl)c1Cl. The molecule has 0 saturated heterocycles. The fourth-order valence-electron chi connectivity index (χ4n) is 2.34. The van der Waals surface area contributed by atoms with Crippen molar-refractivity contribution in [1.82, 2.24) is 9.55 Å². The zero-order chi connectivity index (χ0) is 18.1. The summed E-state index contributed by atoms with van der Waals surface area (Å²) in [5.74, 6) is -1.17. The Morgan fingerprint density at radius 3 is 2.72 bits per heavy atom. The number of H-pyrrole nitrogens is 1. The van der Waals surface area contributed by atoms with Gasteiger partial charge in [-0.25, -0.2) is 4.39 Å². The number of fused-ring (bicyclic) bond motifs is 1. The van der Waals surface area contributed by atoms with Crippen LogP contribution in [-0.2, 0) is 11.3 Å². The predicted octanol–water partition coefficient (Wildman–Crippen LogP) is 2.77. The molecule has 128 valence electrons. The number of anilines is 1. The Balaban J connectivity index is 1.99. The Labute approximate surface area is 149 Å². The van der Waals surface area contributed by atoms with Crippen molar-refractivity contribution >= 4 is 45.8 Å². The number of carbonyl (C=O) groups is 1. The number of rotatable bonds is 3. The number of carbonyl (C=O) groups excluding carboxylic acids is 1. The number of aromatic amines is 1. The number of aromatic nitrogens is 2. The van der Waals surface area contributed by atoms with E-state index in [2.05, 4.69) is 10.3 Å². The molecule has 0 spiro atoms. The largest absolute Gasteiger partial charge is 0.323 e. The summed E-state index contributed by atoms with van der Waals surface area (Å²) in [6.45, 7) is -0.451. The number of hydrogen-bond donors (Lipinski definition) is 2. The van der Waals surface area contributed by atoms with Gasteiger partial charge in [-0.2, -0.15) is 0 Å². The Bertz CT molecular complexity index is 1110. The summed E-state index contributed by atoms with van der Waals surface area (Å²) in [4.78, 5) is 38.3. The number of nitrogens with zero attached hydrogens (tertiary/aromatic N) is 1. The van der Waals surface area contributed by atoms with Gasteiger partial charge < -0.3 is 10.3 Å². The molecule has 0 atom stereocenters. The van der Waals surface area contributed by atoms with Gasteiger partial charge in [-0.15, -0.1) is 0 Å². The van der Waals surface area contributed by atoms with Crippen LogP contribution in [0.2, 0.25) is 10.0 Å². The van der Waals surface area contributed by atoms with Gasteiger partial charge in [0, 0.05) is 0 Å². The highest BCUT2D eigenvalue weighted by Gasteiger charge is 2.14. The molecule has 6 nitrogen and oxygen atoms in total. The van der Waals surface area contributed by atoms with Gasteiger partial charge in [0.25, 0.3) is 0 Å². The Hall–Kier alpha value is -2.64. The smallest absolute Gasteiger partial charge is 0.317 e. The lowest BCUT2D eigenvalue weighted by molar-refractivity contribution is -0.116. The summed E-state index contributed by atoms with van der Waals surface area (Å²) in [5.41, 5.74) is -1.28. The minimum absolute atomic E-state index is 0.109. The molecule has 1 aromatic heterocycles. The zero-order valence-corrected chi connectivity index (χ0v) is 14.0. The monoisotopic (exact) mass is 381 g/mol. The van der Waals surface area contributed by atoms with Crippen molar-refractivity contribution in [3.05, 3.63) is 73.0 Å². The highest BCUT2D eigenvalue weighted by atomic mass is 35.5. The second-order valence-electron chi connectivity index (χ2n) is 5.16. The van der Waals surface area contributed by atoms with Crippen LogP contribution in [0.1, 0.15) is 0 Å². The van der Waals surface area contributed by atoms with Crippen molar-refractivity contribution in [2.24, 2.45) is 0 Å². The fraction of sp³-hybridized carbons (Fsp3) is 0.0625. The highest BCUT2D eigenvalue weighted by molar-refractivity contribution is 6.43. The van der Waals surface area contributed by atoms with E-state index in [0.717, 1.165) is 16.7 Å². The minimum Gasteiger partial charge on any atom is -0.323 e. The van der Waals surface area contributed by atoms with Crippen molar-refractivity contribution < 1.29 is 9.18 Å². The van der Waals surface area contributed by atoms with Gasteiger partial charge in [0.15, 0.2) is 0 Å². The number of amides is 1. The maximum absolute atomic E-state index is 13.3. The molecule has 3 aromatic rings. The molecule has 0 bridgehead atoms. The molecule has 0 radical (unpaired) electrons. The van der Waals surface area contributed by atoms with Gasteiger partial charge in [0.2, 0.25) is 5.91 Å². The molecule has 1 amide bonds. The first-order valence-corrected chi connectivity index (χ1v) is 7.78. The summed E-state index contributed by atoms with van der Waals surface area (Å²) in [5, 5.41) is 2.93. The second-order valence-corrected chi connectivity index (χ2v) is 5.94. The maximum Gasteiger partial charge on any atom is 0.317 e. The molecule has 0 unspecified atom stereocenters. The van der Waals surface area contributed by atoms with Gasteiger partial charge in [0.05, 0.1) is 26.8 Å². The third kappa shape index (κ3) is 3.42. The van der Waals surface area contributed by atoms with Gasteiger partial charge in [-0.3, -0.25) is 19.0 Å². The average molecular weight is 382 g/mol. The van der Waals surface area contributed by atoms with Gasteiger partial charge in [-0.1, -0.05) is 29.3 Å². The van der Waals surface area contributed by atoms with E-state index in [1.807, 2.05) is 0 Å². The first-order chi connectivity index (χ1) is 11.9. The Morgan fingerprint density at radius 2 is 1.96 bits per heavy atom. The van der Waals surface area contributed by atoms with Crippen LogP contribution in [0.4, 0.5) is 10.1 Å². The lowest BCUT2D eigenvalue weighted by Gasteiger charge is -2.11. The maximum atomic E-state index is 13.3. The summed E-state index contributed by atoms with van der Waals surface area (Å²) in [6, 6.07) is 8.20. The molecular formula is C16H10Cl2FN3O3. The first kappa shape index (κ1) is 17.2. The van der Waals surface area contributed by atoms with Crippen LogP contribution in [-0.4, -0.2) is 15.5 Å². The van der Waals surface area contributed by atoms with Gasteiger partial charge in [0.1, 0.15) is 12.4 Å². The molecule has 2 N–H and O–H groups in total. The van der Waals surface area contributed by atoms with Crippen LogP contribution < -0.4 is 16.4 Å². The third-order valence-electron chi connectivity index (χ3n) is 3.46. The molecule has 9 heteroatoms. The van der Waals surface area contributed by atoms with Crippen molar-refractivity contribution in [2.75, 3.05) is 5.32 Å². The van der Waals surface area contributed by atoms with Crippen LogP contribution in [0.15, 0.2) is 46.0 Å². The second kappa shape index (κ2) is 6.70. The number of halogens is 3. The van der Waals surface area contributed by atoms with E-state index < -0.39 is 29.4 Å². The van der Waals surface area contributed by atoms with Gasteiger partial charge in [-0.05, 0) is 30.3 Å². The molecule has 0 fully saturated rings. The standard InChI is InChI=1S/C16H10Cl2FN3O3/c17-9-2-1-3-10(14(9)18)20-13(23)7-22-12-5-4-8(19)6-11(12)21-15(24)16(22)25/h1-6H,7H2,(H,20,23)(H,21,24). The lowest BCUT2D eigenvalue weighted by atomic mass is 10.2. The molecule has 1 heterocycles. The van der Waals surface area contributed by atoms with Crippen molar-refractivity contribution in [2.45, 2.75) is 6.54 Å². The molecule has 0 saturated carbocycles. The summed E-state index contributed by atoms with van der Waals surface area (Å²) in [6.07, 6.45) is 0. The third-order valence-corrected chi connectivity index (χ3v) is 4.28.